The largest absolute Gasteiger partial charge is 0.494 e. The highest BCUT2D eigenvalue weighted by Crippen LogP contribution is 2.30. The van der Waals surface area contributed by atoms with E-state index in [2.05, 4.69) is 24.8 Å². The van der Waals surface area contributed by atoms with Crippen LogP contribution in [0.3, 0.4) is 0 Å². The lowest BCUT2D eigenvalue weighted by atomic mass is 10.1. The lowest BCUT2D eigenvalue weighted by Crippen LogP contribution is -2.22. The minimum absolute atomic E-state index is 0.0110. The number of carbonyl (C=O) groups excluding carboxylic acids is 6. The van der Waals surface area contributed by atoms with Crippen molar-refractivity contribution < 1.29 is 71.5 Å². The molecule has 6 rings (SSSR count). The van der Waals surface area contributed by atoms with E-state index in [-0.39, 0.29) is 35.0 Å². The fourth-order valence-corrected chi connectivity index (χ4v) is 8.62. The number of nitrogens with zero attached hydrogens (tertiary/aromatic N) is 3. The number of unbranched alkanes of at least 4 members (excludes halogenated alkanes) is 9. The molecule has 0 aliphatic rings. The number of hydrogen-bond acceptors (Lipinski definition) is 19. The smallest absolute Gasteiger partial charge is 0.365 e. The molecule has 0 radical (unpaired) electrons. The number of benzene rings is 5. The van der Waals surface area contributed by atoms with Crippen molar-refractivity contribution in [2.45, 2.75) is 83.5 Å². The molecule has 0 saturated heterocycles. The summed E-state index contributed by atoms with van der Waals surface area (Å²) >= 11 is 1.24. The van der Waals surface area contributed by atoms with Gasteiger partial charge in [-0.3, -0.25) is 0 Å². The van der Waals surface area contributed by atoms with Gasteiger partial charge in [0.05, 0.1) is 79.4 Å². The predicted octanol–water partition coefficient (Wildman–Crippen LogP) is 12.5. The Kier molecular flexibility index (Phi) is 27.1. The zero-order valence-electron chi connectivity index (χ0n) is 46.4. The molecular weight excluding hydrogens is 1080 g/mol. The van der Waals surface area contributed by atoms with Gasteiger partial charge >= 0.3 is 35.8 Å². The first-order valence-corrected chi connectivity index (χ1v) is 28.3. The maximum absolute atomic E-state index is 13.8. The summed E-state index contributed by atoms with van der Waals surface area (Å²) in [5.41, 5.74) is 2.49. The van der Waals surface area contributed by atoms with Gasteiger partial charge in [0, 0.05) is 30.2 Å². The van der Waals surface area contributed by atoms with Crippen LogP contribution in [0.1, 0.15) is 119 Å². The van der Waals surface area contributed by atoms with Crippen LogP contribution in [-0.4, -0.2) is 93.3 Å². The van der Waals surface area contributed by atoms with Crippen LogP contribution in [0.5, 0.6) is 23.0 Å². The van der Waals surface area contributed by atoms with E-state index in [1.807, 2.05) is 24.3 Å². The van der Waals surface area contributed by atoms with Crippen molar-refractivity contribution in [3.8, 4) is 23.0 Å². The molecule has 0 spiro atoms. The topological polar surface area (TPSA) is 214 Å². The van der Waals surface area contributed by atoms with E-state index in [0.29, 0.717) is 79.1 Å². The van der Waals surface area contributed by atoms with Crippen LogP contribution in [0.2, 0.25) is 0 Å². The van der Waals surface area contributed by atoms with E-state index in [4.69, 9.17) is 47.7 Å². The van der Waals surface area contributed by atoms with Crippen LogP contribution >= 0.6 is 11.3 Å². The molecule has 0 atom stereocenters. The SMILES string of the molecule is C=CC(=O)OCCCCCCOc1ccc(C(=O)OCCc2ccc(OC(=O)c3ccc(OCCCCCCOC(=O)C=C)cc3)c(/C=N/N(OC(=O)c3ccc(OCCCCCCOC(=O)C=C)cc3)c3nc4ccccc4s3)c2)cc1. The normalized spacial score (nSPS) is 10.8. The van der Waals surface area contributed by atoms with Gasteiger partial charge in [-0.1, -0.05) is 54.4 Å². The van der Waals surface area contributed by atoms with Gasteiger partial charge in [0.1, 0.15) is 23.0 Å². The highest BCUT2D eigenvalue weighted by Gasteiger charge is 2.20. The molecular formula is C64H69N3O15S. The Morgan fingerprint density at radius 3 is 1.40 bits per heavy atom. The number of thiazole rings is 1. The van der Waals surface area contributed by atoms with Crippen molar-refractivity contribution in [1.82, 2.24) is 4.98 Å². The highest BCUT2D eigenvalue weighted by molar-refractivity contribution is 7.22. The average Bonchev–Trinajstić information content (AvgIpc) is 3.97. The number of ether oxygens (including phenoxy) is 8. The maximum Gasteiger partial charge on any atom is 0.365 e. The molecule has 1 aromatic heterocycles. The molecule has 0 bridgehead atoms. The van der Waals surface area contributed by atoms with Crippen LogP contribution in [0, 0.1) is 0 Å². The third-order valence-electron chi connectivity index (χ3n) is 12.2. The molecule has 0 fully saturated rings. The first-order valence-electron chi connectivity index (χ1n) is 27.5. The Labute approximate surface area is 487 Å². The van der Waals surface area contributed by atoms with Crippen LogP contribution in [-0.2, 0) is 44.6 Å². The second-order valence-corrected chi connectivity index (χ2v) is 19.5. The molecule has 0 saturated carbocycles. The summed E-state index contributed by atoms with van der Waals surface area (Å²) in [4.78, 5) is 85.0. The summed E-state index contributed by atoms with van der Waals surface area (Å²) in [5.74, 6) is -1.33. The molecule has 83 heavy (non-hydrogen) atoms. The summed E-state index contributed by atoms with van der Waals surface area (Å²) in [6.45, 7) is 12.6. The van der Waals surface area contributed by atoms with Gasteiger partial charge in [0.2, 0.25) is 5.13 Å². The summed E-state index contributed by atoms with van der Waals surface area (Å²) in [7, 11) is 0. The second-order valence-electron chi connectivity index (χ2n) is 18.5. The molecule has 6 aromatic rings. The van der Waals surface area contributed by atoms with Crippen LogP contribution < -0.4 is 24.1 Å². The Hall–Kier alpha value is -9.10. The van der Waals surface area contributed by atoms with Crippen molar-refractivity contribution in [3.63, 3.8) is 0 Å². The minimum Gasteiger partial charge on any atom is -0.494 e. The second kappa shape index (κ2) is 35.6. The number of hydrogen-bond donors (Lipinski definition) is 0. The summed E-state index contributed by atoms with van der Waals surface area (Å²) in [6.07, 6.45) is 15.0. The quantitative estimate of drug-likeness (QED) is 0.00670. The van der Waals surface area contributed by atoms with Gasteiger partial charge in [0.25, 0.3) is 0 Å². The maximum atomic E-state index is 13.8. The van der Waals surface area contributed by atoms with Crippen molar-refractivity contribution >= 4 is 68.7 Å². The van der Waals surface area contributed by atoms with Crippen molar-refractivity contribution in [2.75, 3.05) is 51.4 Å². The van der Waals surface area contributed by atoms with Gasteiger partial charge in [-0.15, -0.1) is 5.10 Å². The molecule has 0 N–H and O–H groups in total. The monoisotopic (exact) mass is 1150 g/mol. The van der Waals surface area contributed by atoms with Crippen molar-refractivity contribution in [1.29, 1.82) is 0 Å². The molecule has 0 aliphatic heterocycles. The molecule has 19 heteroatoms. The van der Waals surface area contributed by atoms with Crippen molar-refractivity contribution in [3.05, 3.63) is 181 Å². The molecule has 0 aliphatic carbocycles. The first kappa shape index (κ1) is 63.1. The highest BCUT2D eigenvalue weighted by atomic mass is 32.1. The molecule has 18 nitrogen and oxygen atoms in total. The zero-order valence-corrected chi connectivity index (χ0v) is 47.2. The van der Waals surface area contributed by atoms with E-state index in [1.165, 1.54) is 17.6 Å². The molecule has 0 unspecified atom stereocenters. The van der Waals surface area contributed by atoms with Gasteiger partial charge in [0.15, 0.2) is 0 Å². The fraction of sp³-hybridized carbons (Fsp3) is 0.312. The Bertz CT molecular complexity index is 3070. The number of hydrazone groups is 1. The standard InChI is InChI=1S/C64H69N3O15S/c1-4-58(68)77-41-18-10-7-15-38-74-52-30-24-48(25-31-52)61(71)80-44-37-47-23-36-56(81-62(72)49-26-32-53(33-27-49)75-39-16-8-11-19-42-78-59(69)5-2)51(45-47)46-65-67(64-66-55-21-13-14-22-57(55)83-64)82-63(73)50-28-34-54(35-29-50)76-40-17-9-12-20-43-79-60(70)6-3/h4-6,13-14,21-36,45-46H,1-3,7-12,15-20,37-44H2/b65-46+. The third kappa shape index (κ3) is 22.8. The van der Waals surface area contributed by atoms with Gasteiger partial charge in [-0.05, 0) is 180 Å². The van der Waals surface area contributed by atoms with Gasteiger partial charge in [-0.2, -0.15) is 0 Å². The van der Waals surface area contributed by atoms with E-state index in [0.717, 1.165) is 105 Å². The molecule has 1 heterocycles. The summed E-state index contributed by atoms with van der Waals surface area (Å²) < 4.78 is 45.1. The van der Waals surface area contributed by atoms with E-state index in [9.17, 15) is 28.8 Å². The van der Waals surface area contributed by atoms with Crippen LogP contribution in [0.15, 0.2) is 158 Å². The summed E-state index contributed by atoms with van der Waals surface area (Å²) in [5, 5.41) is 5.86. The lowest BCUT2D eigenvalue weighted by Gasteiger charge is -2.15. The molecule has 436 valence electrons. The van der Waals surface area contributed by atoms with E-state index >= 15 is 0 Å². The predicted molar refractivity (Wildman–Crippen MR) is 315 cm³/mol. The third-order valence-corrected chi connectivity index (χ3v) is 13.2. The number of esters is 5. The Balaban J connectivity index is 1.11. The average molecular weight is 1150 g/mol. The number of aromatic nitrogens is 1. The number of rotatable bonds is 38. The fourth-order valence-electron chi connectivity index (χ4n) is 7.75. The van der Waals surface area contributed by atoms with E-state index in [1.54, 1.807) is 91.0 Å². The Morgan fingerprint density at radius 2 is 0.928 bits per heavy atom. The Morgan fingerprint density at radius 1 is 0.482 bits per heavy atom. The first-order chi connectivity index (χ1) is 40.5. The van der Waals surface area contributed by atoms with Crippen molar-refractivity contribution in [2.24, 2.45) is 5.10 Å². The number of carbonyl (C=O) groups is 6. The van der Waals surface area contributed by atoms with Crippen LogP contribution in [0.25, 0.3) is 10.2 Å². The number of anilines is 1. The summed E-state index contributed by atoms with van der Waals surface area (Å²) in [6, 6.07) is 32.3. The zero-order chi connectivity index (χ0) is 58.9. The number of para-hydroxylation sites is 1. The molecule has 0 amide bonds. The lowest BCUT2D eigenvalue weighted by molar-refractivity contribution is -0.138. The van der Waals surface area contributed by atoms with Crippen LogP contribution in [0.4, 0.5) is 5.13 Å². The number of fused-ring (bicyclic) bond motifs is 1. The minimum atomic E-state index is -0.736. The van der Waals surface area contributed by atoms with Gasteiger partial charge < -0.3 is 42.7 Å². The van der Waals surface area contributed by atoms with E-state index < -0.39 is 35.8 Å². The molecule has 5 aromatic carbocycles. The van der Waals surface area contributed by atoms with Gasteiger partial charge in [-0.25, -0.2) is 33.8 Å².